The van der Waals surface area contributed by atoms with Gasteiger partial charge in [0.05, 0.1) is 12.1 Å². The number of thiophene rings is 1. The van der Waals surface area contributed by atoms with E-state index in [-0.39, 0.29) is 5.91 Å². The van der Waals surface area contributed by atoms with E-state index < -0.39 is 0 Å². The molecule has 2 rings (SSSR count). The zero-order valence-electron chi connectivity index (χ0n) is 10.4. The highest BCUT2D eigenvalue weighted by Gasteiger charge is 2.10. The first kappa shape index (κ1) is 13.9. The molecule has 1 heterocycles. The molecule has 2 aromatic rings. The molecule has 100 valence electrons. The fourth-order valence-electron chi connectivity index (χ4n) is 1.67. The van der Waals surface area contributed by atoms with Crippen LogP contribution in [0.1, 0.15) is 15.2 Å². The number of nitrogens with two attached hydrogens (primary N) is 1. The third kappa shape index (κ3) is 3.27. The number of amides is 1. The van der Waals surface area contributed by atoms with Gasteiger partial charge in [-0.2, -0.15) is 0 Å². The zero-order chi connectivity index (χ0) is 13.8. The number of hydrogen-bond donors (Lipinski definition) is 3. The predicted molar refractivity (Wildman–Crippen MR) is 83.6 cm³/mol. The minimum Gasteiger partial charge on any atom is -0.399 e. The second-order valence-electron chi connectivity index (χ2n) is 3.93. The molecule has 1 aromatic heterocycles. The SMILES string of the molecule is CNC(=O)c1ccc(N)cc1NCc1sccc1Br. The van der Waals surface area contributed by atoms with Gasteiger partial charge in [0.1, 0.15) is 0 Å². The number of carbonyl (C=O) groups is 1. The summed E-state index contributed by atoms with van der Waals surface area (Å²) >= 11 is 5.13. The molecule has 1 aromatic carbocycles. The van der Waals surface area contributed by atoms with Crippen LogP contribution in [0, 0.1) is 0 Å². The molecule has 4 N–H and O–H groups in total. The highest BCUT2D eigenvalue weighted by Crippen LogP contribution is 2.25. The van der Waals surface area contributed by atoms with Crippen molar-refractivity contribution in [2.45, 2.75) is 6.54 Å². The number of hydrogen-bond acceptors (Lipinski definition) is 4. The molecule has 0 radical (unpaired) electrons. The summed E-state index contributed by atoms with van der Waals surface area (Å²) in [7, 11) is 1.61. The molecule has 0 aliphatic heterocycles. The first-order valence-corrected chi connectivity index (χ1v) is 7.36. The molecule has 0 atom stereocenters. The quantitative estimate of drug-likeness (QED) is 0.750. The number of benzene rings is 1. The summed E-state index contributed by atoms with van der Waals surface area (Å²) < 4.78 is 1.07. The number of halogens is 1. The number of nitrogen functional groups attached to an aromatic ring is 1. The molecule has 19 heavy (non-hydrogen) atoms. The van der Waals surface area contributed by atoms with Crippen molar-refractivity contribution in [3.05, 3.63) is 44.6 Å². The van der Waals surface area contributed by atoms with Gasteiger partial charge in [0, 0.05) is 27.8 Å². The van der Waals surface area contributed by atoms with Crippen molar-refractivity contribution in [3.63, 3.8) is 0 Å². The van der Waals surface area contributed by atoms with Crippen LogP contribution in [-0.4, -0.2) is 13.0 Å². The zero-order valence-corrected chi connectivity index (χ0v) is 12.8. The fourth-order valence-corrected chi connectivity index (χ4v) is 3.10. The minimum absolute atomic E-state index is 0.132. The third-order valence-corrected chi connectivity index (χ3v) is 4.57. The maximum atomic E-state index is 11.8. The molecule has 0 aliphatic rings. The Balaban J connectivity index is 2.21. The van der Waals surface area contributed by atoms with E-state index in [9.17, 15) is 4.79 Å². The lowest BCUT2D eigenvalue weighted by atomic mass is 10.1. The summed E-state index contributed by atoms with van der Waals surface area (Å²) in [5, 5.41) is 7.89. The van der Waals surface area contributed by atoms with Crippen LogP contribution in [0.25, 0.3) is 0 Å². The van der Waals surface area contributed by atoms with Gasteiger partial charge in [0.15, 0.2) is 0 Å². The number of carbonyl (C=O) groups excluding carboxylic acids is 1. The van der Waals surface area contributed by atoms with Crippen molar-refractivity contribution in [1.82, 2.24) is 5.32 Å². The number of anilines is 2. The van der Waals surface area contributed by atoms with Gasteiger partial charge in [-0.05, 0) is 45.6 Å². The summed E-state index contributed by atoms with van der Waals surface area (Å²) in [5.74, 6) is -0.132. The Morgan fingerprint density at radius 2 is 2.21 bits per heavy atom. The summed E-state index contributed by atoms with van der Waals surface area (Å²) in [6.07, 6.45) is 0. The average molecular weight is 340 g/mol. The lowest BCUT2D eigenvalue weighted by molar-refractivity contribution is 0.0964. The van der Waals surface area contributed by atoms with Crippen LogP contribution in [-0.2, 0) is 6.54 Å². The van der Waals surface area contributed by atoms with Gasteiger partial charge in [-0.25, -0.2) is 0 Å². The normalized spacial score (nSPS) is 10.2. The van der Waals surface area contributed by atoms with Gasteiger partial charge < -0.3 is 16.4 Å². The molecule has 0 aliphatic carbocycles. The molecule has 0 fully saturated rings. The molecule has 6 heteroatoms. The van der Waals surface area contributed by atoms with E-state index in [4.69, 9.17) is 5.73 Å². The van der Waals surface area contributed by atoms with Crippen LogP contribution >= 0.6 is 27.3 Å². The highest BCUT2D eigenvalue weighted by atomic mass is 79.9. The van der Waals surface area contributed by atoms with E-state index in [2.05, 4.69) is 26.6 Å². The van der Waals surface area contributed by atoms with E-state index in [0.717, 1.165) is 10.2 Å². The second-order valence-corrected chi connectivity index (χ2v) is 5.78. The minimum atomic E-state index is -0.132. The van der Waals surface area contributed by atoms with Crippen LogP contribution in [0.4, 0.5) is 11.4 Å². The first-order chi connectivity index (χ1) is 9.11. The molecular formula is C13H14BrN3OS. The summed E-state index contributed by atoms with van der Waals surface area (Å²) in [6.45, 7) is 0.645. The lowest BCUT2D eigenvalue weighted by Gasteiger charge is -2.11. The Kier molecular flexibility index (Phi) is 4.44. The smallest absolute Gasteiger partial charge is 0.253 e. The standard InChI is InChI=1S/C13H14BrN3OS/c1-16-13(18)9-3-2-8(15)6-11(9)17-7-12-10(14)4-5-19-12/h2-6,17H,7,15H2,1H3,(H,16,18). The van der Waals surface area contributed by atoms with E-state index >= 15 is 0 Å². The van der Waals surface area contributed by atoms with Gasteiger partial charge in [0.2, 0.25) is 0 Å². The molecule has 1 amide bonds. The van der Waals surface area contributed by atoms with Gasteiger partial charge in [-0.1, -0.05) is 0 Å². The molecule has 0 spiro atoms. The number of nitrogens with one attached hydrogen (secondary N) is 2. The van der Waals surface area contributed by atoms with Crippen molar-refractivity contribution in [1.29, 1.82) is 0 Å². The second kappa shape index (κ2) is 6.08. The van der Waals surface area contributed by atoms with Crippen LogP contribution in [0.15, 0.2) is 34.1 Å². The Bertz CT molecular complexity index is 597. The molecule has 4 nitrogen and oxygen atoms in total. The van der Waals surface area contributed by atoms with Gasteiger partial charge >= 0.3 is 0 Å². The largest absolute Gasteiger partial charge is 0.399 e. The van der Waals surface area contributed by atoms with E-state index in [1.807, 2.05) is 11.4 Å². The highest BCUT2D eigenvalue weighted by molar-refractivity contribution is 9.10. The van der Waals surface area contributed by atoms with Gasteiger partial charge in [-0.15, -0.1) is 11.3 Å². The van der Waals surface area contributed by atoms with Crippen LogP contribution in [0.3, 0.4) is 0 Å². The Hall–Kier alpha value is -1.53. The summed E-state index contributed by atoms with van der Waals surface area (Å²) in [4.78, 5) is 12.9. The molecule has 0 bridgehead atoms. The van der Waals surface area contributed by atoms with E-state index in [1.54, 1.807) is 36.6 Å². The Morgan fingerprint density at radius 1 is 1.42 bits per heavy atom. The third-order valence-electron chi connectivity index (χ3n) is 2.65. The Labute approximate surface area is 124 Å². The van der Waals surface area contributed by atoms with Gasteiger partial charge in [0.25, 0.3) is 5.91 Å². The van der Waals surface area contributed by atoms with Crippen LogP contribution < -0.4 is 16.4 Å². The van der Waals surface area contributed by atoms with E-state index in [0.29, 0.717) is 17.8 Å². The van der Waals surface area contributed by atoms with E-state index in [1.165, 1.54) is 4.88 Å². The van der Waals surface area contributed by atoms with Crippen molar-refractivity contribution < 1.29 is 4.79 Å². The predicted octanol–water partition coefficient (Wildman–Crippen LogP) is 3.06. The molecule has 0 saturated carbocycles. The maximum Gasteiger partial charge on any atom is 0.253 e. The van der Waals surface area contributed by atoms with Gasteiger partial charge in [-0.3, -0.25) is 4.79 Å². The van der Waals surface area contributed by atoms with Crippen molar-refractivity contribution in [2.24, 2.45) is 0 Å². The first-order valence-electron chi connectivity index (χ1n) is 5.69. The monoisotopic (exact) mass is 339 g/mol. The summed E-state index contributed by atoms with van der Waals surface area (Å²) in [5.41, 5.74) is 7.72. The molecular weight excluding hydrogens is 326 g/mol. The lowest BCUT2D eigenvalue weighted by Crippen LogP contribution is -2.19. The average Bonchev–Trinajstić information content (AvgIpc) is 2.81. The van der Waals surface area contributed by atoms with Crippen LogP contribution in [0.2, 0.25) is 0 Å². The molecule has 0 saturated heterocycles. The van der Waals surface area contributed by atoms with Crippen molar-refractivity contribution >= 4 is 44.5 Å². The Morgan fingerprint density at radius 3 is 2.84 bits per heavy atom. The number of rotatable bonds is 4. The maximum absolute atomic E-state index is 11.8. The molecule has 0 unspecified atom stereocenters. The topological polar surface area (TPSA) is 67.2 Å². The fraction of sp³-hybridized carbons (Fsp3) is 0.154. The van der Waals surface area contributed by atoms with Crippen molar-refractivity contribution in [2.75, 3.05) is 18.1 Å². The summed E-state index contributed by atoms with van der Waals surface area (Å²) in [6, 6.07) is 7.21. The van der Waals surface area contributed by atoms with Crippen molar-refractivity contribution in [3.8, 4) is 0 Å². The van der Waals surface area contributed by atoms with Crippen LogP contribution in [0.5, 0.6) is 0 Å².